The molecule has 5 heteroatoms. The maximum atomic E-state index is 9.03. The minimum atomic E-state index is -1.50. The summed E-state index contributed by atoms with van der Waals surface area (Å²) in [7, 11) is 1.04. The number of alkyl halides is 1. The molecule has 1 rings (SSSR count). The van der Waals surface area contributed by atoms with Gasteiger partial charge >= 0.3 is 29.6 Å². The van der Waals surface area contributed by atoms with Crippen LogP contribution in [0.3, 0.4) is 0 Å². The molecule has 0 aromatic heterocycles. The second-order valence-corrected chi connectivity index (χ2v) is 2.34. The molecule has 14 heavy (non-hydrogen) atoms. The van der Waals surface area contributed by atoms with Crippen molar-refractivity contribution >= 4 is 17.8 Å². The van der Waals surface area contributed by atoms with Crippen LogP contribution in [0.5, 0.6) is 0 Å². The van der Waals surface area contributed by atoms with E-state index >= 15 is 0 Å². The van der Waals surface area contributed by atoms with Crippen molar-refractivity contribution in [2.24, 2.45) is 0 Å². The summed E-state index contributed by atoms with van der Waals surface area (Å²) in [5.74, 6) is 0.612. The summed E-state index contributed by atoms with van der Waals surface area (Å²) < 4.78 is 3.56. The molecule has 3 nitrogen and oxygen atoms in total. The molecular weight excluding hydrogens is 215 g/mol. The maximum absolute atomic E-state index is 9.03. The first-order valence-corrected chi connectivity index (χ1v) is 4.09. The van der Waals surface area contributed by atoms with Crippen LogP contribution in [0.1, 0.15) is 5.56 Å². The van der Waals surface area contributed by atoms with Crippen LogP contribution in [0.4, 0.5) is 4.79 Å². The van der Waals surface area contributed by atoms with Gasteiger partial charge in [0.15, 0.2) is 0 Å². The maximum Gasteiger partial charge on any atom is 1.00 e. The van der Waals surface area contributed by atoms with E-state index in [1.165, 1.54) is 5.56 Å². The topological polar surface area (TPSA) is 49.4 Å². The van der Waals surface area contributed by atoms with Crippen molar-refractivity contribution in [3.8, 4) is 0 Å². The van der Waals surface area contributed by atoms with Crippen LogP contribution in [0.25, 0.3) is 0 Å². The zero-order valence-electron chi connectivity index (χ0n) is 8.20. The van der Waals surface area contributed by atoms with Gasteiger partial charge in [0, 0.05) is 13.0 Å². The van der Waals surface area contributed by atoms with Crippen molar-refractivity contribution < 1.29 is 44.2 Å². The molecule has 0 saturated carbocycles. The molecule has 0 saturated heterocycles. The number of hydrogen-bond acceptors (Lipinski definition) is 3. The minimum absolute atomic E-state index is 0. The largest absolute Gasteiger partial charge is 1.00 e. The van der Waals surface area contributed by atoms with Crippen LogP contribution in [-0.4, -0.2) is 13.3 Å². The SMILES string of the molecule is COC(=O)[O-].ClCc1ccccc1.[Na+]. The zero-order valence-corrected chi connectivity index (χ0v) is 11.0. The Morgan fingerprint density at radius 2 is 1.86 bits per heavy atom. The predicted molar refractivity (Wildman–Crippen MR) is 48.4 cm³/mol. The van der Waals surface area contributed by atoms with Crippen LogP contribution in [0.2, 0.25) is 0 Å². The monoisotopic (exact) mass is 224 g/mol. The van der Waals surface area contributed by atoms with Gasteiger partial charge in [-0.3, -0.25) is 0 Å². The molecule has 72 valence electrons. The number of halogens is 1. The first kappa shape index (κ1) is 16.2. The Bertz CT molecular complexity index is 241. The minimum Gasteiger partial charge on any atom is -0.553 e. The van der Waals surface area contributed by atoms with Crippen LogP contribution in [0.15, 0.2) is 30.3 Å². The summed E-state index contributed by atoms with van der Waals surface area (Å²) in [6.45, 7) is 0. The van der Waals surface area contributed by atoms with E-state index in [9.17, 15) is 0 Å². The van der Waals surface area contributed by atoms with Gasteiger partial charge in [0.1, 0.15) is 0 Å². The Labute approximate surface area is 110 Å². The summed E-state index contributed by atoms with van der Waals surface area (Å²) >= 11 is 5.53. The van der Waals surface area contributed by atoms with Crippen LogP contribution in [0, 0.1) is 0 Å². The van der Waals surface area contributed by atoms with Gasteiger partial charge in [-0.05, 0) is 5.56 Å². The Balaban J connectivity index is 0. The number of benzene rings is 1. The molecule has 0 radical (unpaired) electrons. The van der Waals surface area contributed by atoms with E-state index in [0.717, 1.165) is 7.11 Å². The standard InChI is InChI=1S/C7H7Cl.C2H4O3.Na/c8-6-7-4-2-1-3-5-7;1-5-2(3)4;/h1-5H,6H2;1H3,(H,3,4);/q;;+1/p-1. The second kappa shape index (κ2) is 10.9. The Morgan fingerprint density at radius 1 is 1.43 bits per heavy atom. The third kappa shape index (κ3) is 9.86. The van der Waals surface area contributed by atoms with Crippen molar-refractivity contribution in [2.75, 3.05) is 7.11 Å². The average Bonchev–Trinajstić information content (AvgIpc) is 2.20. The molecule has 1 aromatic carbocycles. The van der Waals surface area contributed by atoms with E-state index in [1.807, 2.05) is 30.3 Å². The smallest absolute Gasteiger partial charge is 0.553 e. The molecule has 0 heterocycles. The second-order valence-electron chi connectivity index (χ2n) is 2.07. The summed E-state index contributed by atoms with van der Waals surface area (Å²) in [5, 5.41) is 9.03. The van der Waals surface area contributed by atoms with Gasteiger partial charge in [0.25, 0.3) is 6.16 Å². The van der Waals surface area contributed by atoms with E-state index in [0.29, 0.717) is 5.88 Å². The first-order chi connectivity index (χ1) is 6.20. The predicted octanol–water partition coefficient (Wildman–Crippen LogP) is -1.59. The average molecular weight is 225 g/mol. The number of rotatable bonds is 1. The Morgan fingerprint density at radius 3 is 2.07 bits per heavy atom. The fourth-order valence-corrected chi connectivity index (χ4v) is 0.745. The number of carbonyl (C=O) groups is 1. The molecule has 0 bridgehead atoms. The van der Waals surface area contributed by atoms with Gasteiger partial charge in [0.05, 0.1) is 0 Å². The number of hydrogen-bond donors (Lipinski definition) is 0. The van der Waals surface area contributed by atoms with Crippen molar-refractivity contribution in [1.29, 1.82) is 0 Å². The van der Waals surface area contributed by atoms with E-state index < -0.39 is 6.16 Å². The van der Waals surface area contributed by atoms with Gasteiger partial charge in [0.2, 0.25) is 0 Å². The summed E-state index contributed by atoms with van der Waals surface area (Å²) in [5.41, 5.74) is 1.18. The van der Waals surface area contributed by atoms with Crippen molar-refractivity contribution in [3.63, 3.8) is 0 Å². The third-order valence-corrected chi connectivity index (χ3v) is 1.47. The molecule has 0 fully saturated rings. The van der Waals surface area contributed by atoms with Gasteiger partial charge in [-0.25, -0.2) is 0 Å². The summed E-state index contributed by atoms with van der Waals surface area (Å²) in [6.07, 6.45) is -1.50. The molecule has 0 aliphatic rings. The molecule has 0 N–H and O–H groups in total. The summed E-state index contributed by atoms with van der Waals surface area (Å²) in [4.78, 5) is 9.03. The fourth-order valence-electron chi connectivity index (χ4n) is 0.567. The van der Waals surface area contributed by atoms with E-state index in [-0.39, 0.29) is 29.6 Å². The molecular formula is C9H10ClNaO3. The quantitative estimate of drug-likeness (QED) is 0.328. The zero-order chi connectivity index (χ0) is 10.1. The molecule has 0 aliphatic heterocycles. The fraction of sp³-hybridized carbons (Fsp3) is 0.222. The first-order valence-electron chi connectivity index (χ1n) is 3.55. The summed E-state index contributed by atoms with van der Waals surface area (Å²) in [6, 6.07) is 9.96. The molecule has 0 unspecified atom stereocenters. The van der Waals surface area contributed by atoms with Crippen molar-refractivity contribution in [1.82, 2.24) is 0 Å². The molecule has 1 aromatic rings. The Kier molecular flexibility index (Phi) is 12.6. The normalized spacial score (nSPS) is 7.57. The number of carboxylic acid groups (broad SMARTS) is 1. The number of methoxy groups -OCH3 is 1. The van der Waals surface area contributed by atoms with Gasteiger partial charge in [-0.1, -0.05) is 30.3 Å². The van der Waals surface area contributed by atoms with E-state index in [4.69, 9.17) is 21.5 Å². The molecule has 0 atom stereocenters. The molecule has 0 amide bonds. The number of carbonyl (C=O) groups excluding carboxylic acids is 1. The van der Waals surface area contributed by atoms with E-state index in [1.54, 1.807) is 0 Å². The van der Waals surface area contributed by atoms with Gasteiger partial charge < -0.3 is 14.6 Å². The number of ether oxygens (including phenoxy) is 1. The van der Waals surface area contributed by atoms with E-state index in [2.05, 4.69) is 4.74 Å². The molecule has 0 aliphatic carbocycles. The molecule has 0 spiro atoms. The van der Waals surface area contributed by atoms with Crippen molar-refractivity contribution in [2.45, 2.75) is 5.88 Å². The third-order valence-electron chi connectivity index (χ3n) is 1.16. The Hall–Kier alpha value is -0.220. The van der Waals surface area contributed by atoms with Crippen LogP contribution in [-0.2, 0) is 10.6 Å². The van der Waals surface area contributed by atoms with Crippen LogP contribution < -0.4 is 34.7 Å². The van der Waals surface area contributed by atoms with Crippen LogP contribution >= 0.6 is 11.6 Å². The van der Waals surface area contributed by atoms with Gasteiger partial charge in [-0.15, -0.1) is 11.6 Å². The van der Waals surface area contributed by atoms with Gasteiger partial charge in [-0.2, -0.15) is 0 Å². The van der Waals surface area contributed by atoms with Crippen molar-refractivity contribution in [3.05, 3.63) is 35.9 Å².